The van der Waals surface area contributed by atoms with E-state index in [4.69, 9.17) is 16.9 Å². The highest BCUT2D eigenvalue weighted by Gasteiger charge is 2.05. The van der Waals surface area contributed by atoms with Crippen molar-refractivity contribution in [3.8, 4) is 6.07 Å². The molecule has 7 heteroatoms. The molecule has 2 aromatic rings. The summed E-state index contributed by atoms with van der Waals surface area (Å²) in [7, 11) is 0. The summed E-state index contributed by atoms with van der Waals surface area (Å²) in [4.78, 5) is 16.8. The summed E-state index contributed by atoms with van der Waals surface area (Å²) in [5.41, 5.74) is 0.538. The van der Waals surface area contributed by atoms with Crippen LogP contribution in [0.1, 0.15) is 10.4 Å². The summed E-state index contributed by atoms with van der Waals surface area (Å²) >= 11 is 8.56. The van der Waals surface area contributed by atoms with Crippen molar-refractivity contribution in [2.24, 2.45) is 0 Å². The third kappa shape index (κ3) is 4.53. The van der Waals surface area contributed by atoms with Gasteiger partial charge >= 0.3 is 0 Å². The first-order valence-electron chi connectivity index (χ1n) is 5.67. The number of carbonyl (C=O) groups excluding carboxylic acids is 1. The van der Waals surface area contributed by atoms with E-state index in [1.54, 1.807) is 24.4 Å². The molecule has 2 aromatic heterocycles. The second-order valence-corrected chi connectivity index (χ2v) is 6.56. The Labute approximate surface area is 129 Å². The van der Waals surface area contributed by atoms with Crippen molar-refractivity contribution in [3.63, 3.8) is 0 Å². The van der Waals surface area contributed by atoms with Crippen LogP contribution in [0.3, 0.4) is 0 Å². The van der Waals surface area contributed by atoms with E-state index in [0.29, 0.717) is 21.5 Å². The van der Waals surface area contributed by atoms with Crippen LogP contribution < -0.4 is 5.32 Å². The second kappa shape index (κ2) is 7.29. The summed E-state index contributed by atoms with van der Waals surface area (Å²) in [6, 6.07) is 9.02. The van der Waals surface area contributed by atoms with Gasteiger partial charge in [-0.1, -0.05) is 23.4 Å². The molecule has 0 radical (unpaired) electrons. The molecule has 0 aliphatic carbocycles. The molecular formula is C13H10ClN3OS2. The first-order valence-corrected chi connectivity index (χ1v) is 7.85. The van der Waals surface area contributed by atoms with Crippen LogP contribution in [0.5, 0.6) is 0 Å². The van der Waals surface area contributed by atoms with Crippen molar-refractivity contribution in [1.82, 2.24) is 10.3 Å². The van der Waals surface area contributed by atoms with Gasteiger partial charge in [0.2, 0.25) is 5.91 Å². The Bertz CT molecular complexity index is 651. The van der Waals surface area contributed by atoms with Gasteiger partial charge in [0.15, 0.2) is 0 Å². The van der Waals surface area contributed by atoms with Crippen LogP contribution in [0.4, 0.5) is 0 Å². The number of aromatic nitrogens is 1. The number of thioether (sulfide) groups is 1. The van der Waals surface area contributed by atoms with Crippen LogP contribution in [0.25, 0.3) is 0 Å². The van der Waals surface area contributed by atoms with Gasteiger partial charge in [-0.15, -0.1) is 11.3 Å². The number of amides is 1. The molecule has 1 N–H and O–H groups in total. The average Bonchev–Trinajstić information content (AvgIpc) is 2.89. The molecule has 2 rings (SSSR count). The van der Waals surface area contributed by atoms with Crippen molar-refractivity contribution < 1.29 is 4.79 Å². The number of nitrogens with zero attached hydrogens (tertiary/aromatic N) is 2. The number of hydrogen-bond donors (Lipinski definition) is 1. The Kier molecular flexibility index (Phi) is 5.41. The van der Waals surface area contributed by atoms with E-state index < -0.39 is 0 Å². The monoisotopic (exact) mass is 323 g/mol. The fraction of sp³-hybridized carbons (Fsp3) is 0.154. The van der Waals surface area contributed by atoms with Gasteiger partial charge < -0.3 is 5.32 Å². The first-order chi connectivity index (χ1) is 9.67. The number of rotatable bonds is 5. The van der Waals surface area contributed by atoms with E-state index in [0.717, 1.165) is 4.88 Å². The van der Waals surface area contributed by atoms with Gasteiger partial charge in [-0.2, -0.15) is 5.26 Å². The maximum absolute atomic E-state index is 11.7. The van der Waals surface area contributed by atoms with Crippen LogP contribution >= 0.6 is 34.7 Å². The van der Waals surface area contributed by atoms with Gasteiger partial charge in [0.25, 0.3) is 0 Å². The first kappa shape index (κ1) is 14.9. The largest absolute Gasteiger partial charge is 0.350 e. The number of thiophene rings is 1. The molecule has 4 nitrogen and oxygen atoms in total. The second-order valence-electron chi connectivity index (χ2n) is 3.77. The summed E-state index contributed by atoms with van der Waals surface area (Å²) in [5.74, 6) is 0.185. The average molecular weight is 324 g/mol. The molecule has 102 valence electrons. The molecule has 0 saturated carbocycles. The lowest BCUT2D eigenvalue weighted by molar-refractivity contribution is -0.118. The van der Waals surface area contributed by atoms with Gasteiger partial charge in [-0.3, -0.25) is 4.79 Å². The summed E-state index contributed by atoms with van der Waals surface area (Å²) in [6.45, 7) is 0.475. The topological polar surface area (TPSA) is 65.8 Å². The third-order valence-corrected chi connectivity index (χ3v) is 4.46. The minimum absolute atomic E-state index is 0.0799. The number of nitrogens with one attached hydrogen (secondary N) is 1. The molecule has 0 fully saturated rings. The van der Waals surface area contributed by atoms with Crippen molar-refractivity contribution in [3.05, 3.63) is 45.2 Å². The highest BCUT2D eigenvalue weighted by atomic mass is 35.5. The smallest absolute Gasteiger partial charge is 0.230 e. The van der Waals surface area contributed by atoms with Gasteiger partial charge in [-0.05, 0) is 24.3 Å². The Morgan fingerprint density at radius 1 is 1.50 bits per heavy atom. The number of halogens is 1. The van der Waals surface area contributed by atoms with Crippen molar-refractivity contribution in [2.75, 3.05) is 5.75 Å². The maximum Gasteiger partial charge on any atom is 0.230 e. The normalized spacial score (nSPS) is 10.0. The fourth-order valence-corrected chi connectivity index (χ4v) is 3.13. The van der Waals surface area contributed by atoms with E-state index in [1.807, 2.05) is 12.1 Å². The standard InChI is InChI=1S/C13H10ClN3OS2/c14-11-2-1-10(20-11)7-17-12(18)8-19-13-5-9(6-15)3-4-16-13/h1-5H,7-8H2,(H,17,18). The van der Waals surface area contributed by atoms with E-state index in [2.05, 4.69) is 10.3 Å². The molecule has 0 aliphatic rings. The third-order valence-electron chi connectivity index (χ3n) is 2.30. The minimum atomic E-state index is -0.0799. The van der Waals surface area contributed by atoms with E-state index in [-0.39, 0.29) is 11.7 Å². The molecule has 20 heavy (non-hydrogen) atoms. The highest BCUT2D eigenvalue weighted by Crippen LogP contribution is 2.21. The Balaban J connectivity index is 1.78. The molecule has 0 bridgehead atoms. The lowest BCUT2D eigenvalue weighted by Crippen LogP contribution is -2.24. The summed E-state index contributed by atoms with van der Waals surface area (Å²) in [6.07, 6.45) is 1.56. The van der Waals surface area contributed by atoms with Crippen LogP contribution in [-0.4, -0.2) is 16.6 Å². The van der Waals surface area contributed by atoms with Gasteiger partial charge in [0.05, 0.1) is 33.3 Å². The van der Waals surface area contributed by atoms with Crippen LogP contribution in [0, 0.1) is 11.3 Å². The molecule has 0 aliphatic heterocycles. The van der Waals surface area contributed by atoms with Crippen LogP contribution in [0.15, 0.2) is 35.5 Å². The van der Waals surface area contributed by atoms with E-state index >= 15 is 0 Å². The lowest BCUT2D eigenvalue weighted by atomic mass is 10.3. The molecular weight excluding hydrogens is 314 g/mol. The van der Waals surface area contributed by atoms with Crippen LogP contribution in [0.2, 0.25) is 4.34 Å². The molecule has 0 unspecified atom stereocenters. The molecule has 0 spiro atoms. The zero-order valence-electron chi connectivity index (χ0n) is 10.3. The van der Waals surface area contributed by atoms with Crippen molar-refractivity contribution >= 4 is 40.6 Å². The number of carbonyl (C=O) groups is 1. The summed E-state index contributed by atoms with van der Waals surface area (Å²) < 4.78 is 0.709. The van der Waals surface area contributed by atoms with E-state index in [1.165, 1.54) is 23.1 Å². The molecule has 0 saturated heterocycles. The van der Waals surface area contributed by atoms with Gasteiger partial charge in [-0.25, -0.2) is 4.98 Å². The van der Waals surface area contributed by atoms with E-state index in [9.17, 15) is 4.79 Å². The predicted octanol–water partition coefficient (Wildman–Crippen LogP) is 3.08. The predicted molar refractivity (Wildman–Crippen MR) is 80.9 cm³/mol. The minimum Gasteiger partial charge on any atom is -0.350 e. The zero-order valence-corrected chi connectivity index (χ0v) is 12.7. The Hall–Kier alpha value is -1.55. The quantitative estimate of drug-likeness (QED) is 0.859. The maximum atomic E-state index is 11.7. The Morgan fingerprint density at radius 2 is 2.35 bits per heavy atom. The number of pyridine rings is 1. The molecule has 2 heterocycles. The van der Waals surface area contributed by atoms with Crippen molar-refractivity contribution in [1.29, 1.82) is 5.26 Å². The molecule has 0 atom stereocenters. The molecule has 0 aromatic carbocycles. The van der Waals surface area contributed by atoms with Gasteiger partial charge in [0.1, 0.15) is 0 Å². The van der Waals surface area contributed by atoms with Gasteiger partial charge in [0, 0.05) is 11.1 Å². The molecule has 1 amide bonds. The highest BCUT2D eigenvalue weighted by molar-refractivity contribution is 7.99. The van der Waals surface area contributed by atoms with Crippen molar-refractivity contribution in [2.45, 2.75) is 11.6 Å². The SMILES string of the molecule is N#Cc1ccnc(SCC(=O)NCc2ccc(Cl)s2)c1. The Morgan fingerprint density at radius 3 is 3.05 bits per heavy atom. The zero-order chi connectivity index (χ0) is 14.4. The lowest BCUT2D eigenvalue weighted by Gasteiger charge is -2.03. The van der Waals surface area contributed by atoms with Crippen LogP contribution in [-0.2, 0) is 11.3 Å². The number of hydrogen-bond acceptors (Lipinski definition) is 5. The fourth-order valence-electron chi connectivity index (χ4n) is 1.38. The number of nitriles is 1. The summed E-state index contributed by atoms with van der Waals surface area (Å²) in [5, 5.41) is 12.3.